The monoisotopic (exact) mass is 260 g/mol. The topological polar surface area (TPSA) is 76.0 Å². The molecule has 1 atom stereocenters. The van der Waals surface area contributed by atoms with E-state index >= 15 is 0 Å². The molecule has 98 valence electrons. The van der Waals surface area contributed by atoms with Gasteiger partial charge in [0.1, 0.15) is 4.90 Å². The maximum Gasteiger partial charge on any atom is 0.244 e. The molecule has 1 heterocycles. The highest BCUT2D eigenvalue weighted by atomic mass is 32.2. The Morgan fingerprint density at radius 2 is 2.00 bits per heavy atom. The zero-order valence-electron chi connectivity index (χ0n) is 10.9. The largest absolute Gasteiger partial charge is 0.316 e. The normalized spacial score (nSPS) is 13.9. The second kappa shape index (κ2) is 5.16. The maximum absolute atomic E-state index is 12.1. The SMILES string of the molecule is CNC(C)CNS(=O)(=O)c1c(C)nn(C)c1C. The molecule has 0 aromatic carbocycles. The molecule has 0 saturated carbocycles. The predicted octanol–water partition coefficient (Wildman–Crippen LogP) is -0.0769. The van der Waals surface area contributed by atoms with Crippen LogP contribution >= 0.6 is 0 Å². The van der Waals surface area contributed by atoms with Gasteiger partial charge in [0.15, 0.2) is 0 Å². The first-order valence-corrected chi connectivity index (χ1v) is 6.95. The summed E-state index contributed by atoms with van der Waals surface area (Å²) in [6.07, 6.45) is 0. The quantitative estimate of drug-likeness (QED) is 0.776. The van der Waals surface area contributed by atoms with E-state index in [1.54, 1.807) is 32.6 Å². The summed E-state index contributed by atoms with van der Waals surface area (Å²) in [6.45, 7) is 5.71. The van der Waals surface area contributed by atoms with E-state index in [1.807, 2.05) is 6.92 Å². The highest BCUT2D eigenvalue weighted by Gasteiger charge is 2.23. The van der Waals surface area contributed by atoms with Gasteiger partial charge < -0.3 is 5.32 Å². The number of likely N-dealkylation sites (N-methyl/N-ethyl adjacent to an activating group) is 1. The van der Waals surface area contributed by atoms with Gasteiger partial charge in [0.2, 0.25) is 10.0 Å². The van der Waals surface area contributed by atoms with Gasteiger partial charge in [-0.3, -0.25) is 4.68 Å². The summed E-state index contributed by atoms with van der Waals surface area (Å²) in [4.78, 5) is 0.281. The van der Waals surface area contributed by atoms with E-state index in [4.69, 9.17) is 0 Å². The zero-order valence-corrected chi connectivity index (χ0v) is 11.7. The molecule has 1 rings (SSSR count). The van der Waals surface area contributed by atoms with Crippen LogP contribution in [0.15, 0.2) is 4.90 Å². The molecule has 0 bridgehead atoms. The highest BCUT2D eigenvalue weighted by Crippen LogP contribution is 2.17. The summed E-state index contributed by atoms with van der Waals surface area (Å²) >= 11 is 0. The fraction of sp³-hybridized carbons (Fsp3) is 0.700. The van der Waals surface area contributed by atoms with Crippen molar-refractivity contribution < 1.29 is 8.42 Å². The average Bonchev–Trinajstić information content (AvgIpc) is 2.50. The third kappa shape index (κ3) is 3.05. The van der Waals surface area contributed by atoms with E-state index in [2.05, 4.69) is 15.1 Å². The Labute approximate surface area is 102 Å². The number of aromatic nitrogens is 2. The first-order valence-electron chi connectivity index (χ1n) is 5.46. The van der Waals surface area contributed by atoms with Gasteiger partial charge in [0, 0.05) is 19.6 Å². The zero-order chi connectivity index (χ0) is 13.2. The minimum Gasteiger partial charge on any atom is -0.316 e. The van der Waals surface area contributed by atoms with Gasteiger partial charge in [-0.05, 0) is 27.8 Å². The molecule has 2 N–H and O–H groups in total. The van der Waals surface area contributed by atoms with Crippen molar-refractivity contribution in [1.82, 2.24) is 19.8 Å². The summed E-state index contributed by atoms with van der Waals surface area (Å²) in [7, 11) is 0.0456. The molecule has 17 heavy (non-hydrogen) atoms. The molecule has 0 radical (unpaired) electrons. The Morgan fingerprint density at radius 1 is 1.41 bits per heavy atom. The summed E-state index contributed by atoms with van der Waals surface area (Å²) < 4.78 is 28.4. The smallest absolute Gasteiger partial charge is 0.244 e. The number of hydrogen-bond acceptors (Lipinski definition) is 4. The Morgan fingerprint density at radius 3 is 2.41 bits per heavy atom. The van der Waals surface area contributed by atoms with Crippen LogP contribution in [0, 0.1) is 13.8 Å². The molecule has 7 heteroatoms. The standard InChI is InChI=1S/C10H20N4O2S/c1-7(11-4)6-12-17(15,16)10-8(2)13-14(5)9(10)3/h7,11-12H,6H2,1-5H3. The molecule has 1 aromatic rings. The summed E-state index contributed by atoms with van der Waals surface area (Å²) in [5.74, 6) is 0. The van der Waals surface area contributed by atoms with E-state index in [-0.39, 0.29) is 10.9 Å². The van der Waals surface area contributed by atoms with Crippen molar-refractivity contribution in [2.45, 2.75) is 31.7 Å². The van der Waals surface area contributed by atoms with Crippen molar-refractivity contribution in [3.63, 3.8) is 0 Å². The minimum absolute atomic E-state index is 0.0852. The van der Waals surface area contributed by atoms with Crippen LogP contribution in [0.4, 0.5) is 0 Å². The third-order valence-electron chi connectivity index (χ3n) is 2.78. The number of nitrogens with one attached hydrogen (secondary N) is 2. The molecule has 0 aliphatic rings. The Hall–Kier alpha value is -0.920. The van der Waals surface area contributed by atoms with Gasteiger partial charge in [-0.2, -0.15) is 5.10 Å². The van der Waals surface area contributed by atoms with Crippen LogP contribution in [0.3, 0.4) is 0 Å². The van der Waals surface area contributed by atoms with Crippen LogP contribution in [-0.2, 0) is 17.1 Å². The van der Waals surface area contributed by atoms with E-state index in [0.29, 0.717) is 17.9 Å². The predicted molar refractivity (Wildman–Crippen MR) is 66.4 cm³/mol. The van der Waals surface area contributed by atoms with E-state index < -0.39 is 10.0 Å². The molecule has 0 fully saturated rings. The lowest BCUT2D eigenvalue weighted by molar-refractivity contribution is 0.553. The number of aryl methyl sites for hydroxylation is 2. The summed E-state index contributed by atoms with van der Waals surface area (Å²) in [5.41, 5.74) is 1.17. The summed E-state index contributed by atoms with van der Waals surface area (Å²) in [6, 6.07) is 0.0852. The fourth-order valence-electron chi connectivity index (χ4n) is 1.55. The molecule has 6 nitrogen and oxygen atoms in total. The van der Waals surface area contributed by atoms with E-state index in [9.17, 15) is 8.42 Å². The first-order chi connectivity index (χ1) is 7.79. The van der Waals surface area contributed by atoms with Crippen molar-refractivity contribution in [2.24, 2.45) is 7.05 Å². The lowest BCUT2D eigenvalue weighted by Crippen LogP contribution is -2.37. The van der Waals surface area contributed by atoms with Crippen LogP contribution in [0.5, 0.6) is 0 Å². The molecule has 0 amide bonds. The van der Waals surface area contributed by atoms with Gasteiger partial charge in [-0.25, -0.2) is 13.1 Å². The Bertz CT molecular complexity index is 493. The molecule has 0 aliphatic carbocycles. The molecule has 1 unspecified atom stereocenters. The fourth-order valence-corrected chi connectivity index (χ4v) is 3.12. The van der Waals surface area contributed by atoms with Gasteiger partial charge >= 0.3 is 0 Å². The van der Waals surface area contributed by atoms with Crippen molar-refractivity contribution in [2.75, 3.05) is 13.6 Å². The van der Waals surface area contributed by atoms with Crippen LogP contribution < -0.4 is 10.0 Å². The van der Waals surface area contributed by atoms with Gasteiger partial charge in [0.05, 0.1) is 11.4 Å². The lowest BCUT2D eigenvalue weighted by atomic mass is 10.4. The molecule has 1 aromatic heterocycles. The van der Waals surface area contributed by atoms with Gasteiger partial charge in [-0.15, -0.1) is 0 Å². The third-order valence-corrected chi connectivity index (χ3v) is 4.46. The Kier molecular flexibility index (Phi) is 4.29. The molecule has 0 aliphatic heterocycles. The van der Waals surface area contributed by atoms with E-state index in [1.165, 1.54) is 0 Å². The Balaban J connectivity index is 2.98. The molecule has 0 saturated heterocycles. The average molecular weight is 260 g/mol. The van der Waals surface area contributed by atoms with Crippen LogP contribution in [0.25, 0.3) is 0 Å². The molecular formula is C10H20N4O2S. The summed E-state index contributed by atoms with van der Waals surface area (Å²) in [5, 5.41) is 7.08. The molecule has 0 spiro atoms. The van der Waals surface area contributed by atoms with Gasteiger partial charge in [0.25, 0.3) is 0 Å². The second-order valence-corrected chi connectivity index (χ2v) is 5.87. The van der Waals surface area contributed by atoms with E-state index in [0.717, 1.165) is 0 Å². The van der Waals surface area contributed by atoms with Crippen molar-refractivity contribution in [3.8, 4) is 0 Å². The number of sulfonamides is 1. The molecular weight excluding hydrogens is 240 g/mol. The minimum atomic E-state index is -3.48. The maximum atomic E-state index is 12.1. The lowest BCUT2D eigenvalue weighted by Gasteiger charge is -2.12. The second-order valence-electron chi connectivity index (χ2n) is 4.17. The van der Waals surface area contributed by atoms with Gasteiger partial charge in [-0.1, -0.05) is 0 Å². The van der Waals surface area contributed by atoms with Crippen molar-refractivity contribution >= 4 is 10.0 Å². The van der Waals surface area contributed by atoms with Crippen LogP contribution in [-0.4, -0.2) is 37.8 Å². The number of rotatable bonds is 5. The van der Waals surface area contributed by atoms with Crippen molar-refractivity contribution in [3.05, 3.63) is 11.4 Å². The first kappa shape index (κ1) is 14.1. The highest BCUT2D eigenvalue weighted by molar-refractivity contribution is 7.89. The van der Waals surface area contributed by atoms with Crippen LogP contribution in [0.2, 0.25) is 0 Å². The van der Waals surface area contributed by atoms with Crippen molar-refractivity contribution in [1.29, 1.82) is 0 Å². The number of hydrogen-bond donors (Lipinski definition) is 2. The van der Waals surface area contributed by atoms with Crippen LogP contribution in [0.1, 0.15) is 18.3 Å². The number of nitrogens with zero attached hydrogens (tertiary/aromatic N) is 2.